The number of hydrogen-bond acceptors (Lipinski definition) is 2. The van der Waals surface area contributed by atoms with Crippen molar-refractivity contribution < 1.29 is 0 Å². The highest BCUT2D eigenvalue weighted by atomic mass is 35.5. The Hall–Kier alpha value is -0.180. The standard InChI is InChI=1S/C16H24ClNS/c1-3-16(12-7-9-13(17)10-8-12)18-14-5-4-6-15(11-14)19-2/h7-10,14-16,18H,3-6,11H2,1-2H3. The summed E-state index contributed by atoms with van der Waals surface area (Å²) in [5, 5.41) is 5.51. The van der Waals surface area contributed by atoms with Crippen LogP contribution in [-0.2, 0) is 0 Å². The summed E-state index contributed by atoms with van der Waals surface area (Å²) in [6, 6.07) is 9.42. The lowest BCUT2D eigenvalue weighted by Gasteiger charge is -2.32. The Labute approximate surface area is 126 Å². The maximum Gasteiger partial charge on any atom is 0.0406 e. The lowest BCUT2D eigenvalue weighted by Crippen LogP contribution is -2.37. The van der Waals surface area contributed by atoms with Crippen molar-refractivity contribution in [1.29, 1.82) is 0 Å². The Balaban J connectivity index is 1.96. The number of halogens is 1. The van der Waals surface area contributed by atoms with Gasteiger partial charge in [0.15, 0.2) is 0 Å². The zero-order valence-corrected chi connectivity index (χ0v) is 13.4. The molecule has 0 spiro atoms. The van der Waals surface area contributed by atoms with Crippen LogP contribution in [0.25, 0.3) is 0 Å². The molecular weight excluding hydrogens is 274 g/mol. The van der Waals surface area contributed by atoms with Crippen LogP contribution in [0.5, 0.6) is 0 Å². The van der Waals surface area contributed by atoms with Crippen molar-refractivity contribution in [2.45, 2.75) is 56.4 Å². The minimum atomic E-state index is 0.461. The van der Waals surface area contributed by atoms with E-state index in [0.29, 0.717) is 12.1 Å². The third-order valence-corrected chi connectivity index (χ3v) is 5.42. The molecule has 3 heteroatoms. The molecule has 2 rings (SSSR count). The number of hydrogen-bond donors (Lipinski definition) is 1. The van der Waals surface area contributed by atoms with Crippen LogP contribution in [-0.4, -0.2) is 17.5 Å². The second-order valence-corrected chi connectivity index (χ2v) is 6.97. The first-order valence-corrected chi connectivity index (χ1v) is 8.93. The third kappa shape index (κ3) is 4.40. The van der Waals surface area contributed by atoms with Crippen molar-refractivity contribution in [1.82, 2.24) is 5.32 Å². The van der Waals surface area contributed by atoms with Gasteiger partial charge in [0.1, 0.15) is 0 Å². The first-order chi connectivity index (χ1) is 9.22. The van der Waals surface area contributed by atoms with Gasteiger partial charge < -0.3 is 5.32 Å². The Morgan fingerprint density at radius 3 is 2.68 bits per heavy atom. The molecular formula is C16H24ClNS. The van der Waals surface area contributed by atoms with E-state index in [0.717, 1.165) is 16.7 Å². The first kappa shape index (κ1) is 15.2. The minimum Gasteiger partial charge on any atom is -0.307 e. The summed E-state index contributed by atoms with van der Waals surface area (Å²) in [5.74, 6) is 0. The second kappa shape index (κ2) is 7.56. The summed E-state index contributed by atoms with van der Waals surface area (Å²) in [6.45, 7) is 2.25. The first-order valence-electron chi connectivity index (χ1n) is 7.27. The van der Waals surface area contributed by atoms with Crippen molar-refractivity contribution in [3.8, 4) is 0 Å². The molecule has 1 N–H and O–H groups in total. The Bertz CT molecular complexity index is 379. The molecule has 1 aliphatic carbocycles. The van der Waals surface area contributed by atoms with E-state index in [4.69, 9.17) is 11.6 Å². The number of rotatable bonds is 5. The molecule has 3 atom stereocenters. The summed E-state index contributed by atoms with van der Waals surface area (Å²) in [6.07, 6.45) is 8.75. The molecule has 1 aliphatic rings. The lowest BCUT2D eigenvalue weighted by molar-refractivity contribution is 0.340. The Kier molecular flexibility index (Phi) is 6.06. The zero-order chi connectivity index (χ0) is 13.7. The quantitative estimate of drug-likeness (QED) is 0.816. The van der Waals surface area contributed by atoms with Gasteiger partial charge in [0.2, 0.25) is 0 Å². The van der Waals surface area contributed by atoms with Gasteiger partial charge in [0.05, 0.1) is 0 Å². The predicted octanol–water partition coefficient (Wildman–Crippen LogP) is 5.05. The smallest absolute Gasteiger partial charge is 0.0406 e. The van der Waals surface area contributed by atoms with Crippen LogP contribution >= 0.6 is 23.4 Å². The molecule has 3 unspecified atom stereocenters. The van der Waals surface area contributed by atoms with Crippen LogP contribution in [0, 0.1) is 0 Å². The highest BCUT2D eigenvalue weighted by Gasteiger charge is 2.23. The van der Waals surface area contributed by atoms with Crippen molar-refractivity contribution in [3.63, 3.8) is 0 Å². The molecule has 1 aromatic carbocycles. The second-order valence-electron chi connectivity index (χ2n) is 5.40. The fourth-order valence-electron chi connectivity index (χ4n) is 2.94. The number of nitrogens with one attached hydrogen (secondary N) is 1. The Morgan fingerprint density at radius 1 is 1.32 bits per heavy atom. The van der Waals surface area contributed by atoms with Crippen molar-refractivity contribution >= 4 is 23.4 Å². The lowest BCUT2D eigenvalue weighted by atomic mass is 9.93. The number of benzene rings is 1. The maximum absolute atomic E-state index is 5.97. The molecule has 0 radical (unpaired) electrons. The molecule has 0 amide bonds. The van der Waals surface area contributed by atoms with E-state index in [1.165, 1.54) is 31.2 Å². The van der Waals surface area contributed by atoms with Crippen molar-refractivity contribution in [3.05, 3.63) is 34.9 Å². The molecule has 1 saturated carbocycles. The van der Waals surface area contributed by atoms with Crippen LogP contribution in [0.15, 0.2) is 24.3 Å². The zero-order valence-electron chi connectivity index (χ0n) is 11.9. The monoisotopic (exact) mass is 297 g/mol. The van der Waals surface area contributed by atoms with E-state index in [9.17, 15) is 0 Å². The van der Waals surface area contributed by atoms with Gasteiger partial charge in [-0.05, 0) is 49.6 Å². The minimum absolute atomic E-state index is 0.461. The summed E-state index contributed by atoms with van der Waals surface area (Å²) in [4.78, 5) is 0. The predicted molar refractivity (Wildman–Crippen MR) is 87.2 cm³/mol. The Morgan fingerprint density at radius 2 is 2.05 bits per heavy atom. The largest absolute Gasteiger partial charge is 0.307 e. The van der Waals surface area contributed by atoms with Gasteiger partial charge in [0, 0.05) is 22.4 Å². The molecule has 1 nitrogen and oxygen atoms in total. The van der Waals surface area contributed by atoms with Gasteiger partial charge in [-0.15, -0.1) is 0 Å². The van der Waals surface area contributed by atoms with E-state index in [1.54, 1.807) is 0 Å². The van der Waals surface area contributed by atoms with Gasteiger partial charge in [-0.2, -0.15) is 11.8 Å². The molecule has 0 heterocycles. The van der Waals surface area contributed by atoms with Gasteiger partial charge in [0.25, 0.3) is 0 Å². The van der Waals surface area contributed by atoms with E-state index in [-0.39, 0.29) is 0 Å². The van der Waals surface area contributed by atoms with E-state index < -0.39 is 0 Å². The van der Waals surface area contributed by atoms with E-state index in [2.05, 4.69) is 30.6 Å². The molecule has 0 aromatic heterocycles. The van der Waals surface area contributed by atoms with Crippen LogP contribution in [0.3, 0.4) is 0 Å². The summed E-state index contributed by atoms with van der Waals surface area (Å²) in [7, 11) is 0. The average molecular weight is 298 g/mol. The van der Waals surface area contributed by atoms with Crippen LogP contribution in [0.2, 0.25) is 5.02 Å². The van der Waals surface area contributed by atoms with Gasteiger partial charge in [-0.3, -0.25) is 0 Å². The summed E-state index contributed by atoms with van der Waals surface area (Å²) in [5.41, 5.74) is 1.36. The maximum atomic E-state index is 5.97. The molecule has 0 aliphatic heterocycles. The van der Waals surface area contributed by atoms with E-state index in [1.807, 2.05) is 23.9 Å². The number of thioether (sulfide) groups is 1. The summed E-state index contributed by atoms with van der Waals surface area (Å²) >= 11 is 7.99. The van der Waals surface area contributed by atoms with Crippen molar-refractivity contribution in [2.24, 2.45) is 0 Å². The summed E-state index contributed by atoms with van der Waals surface area (Å²) < 4.78 is 0. The van der Waals surface area contributed by atoms with Crippen LogP contribution < -0.4 is 5.32 Å². The van der Waals surface area contributed by atoms with Crippen LogP contribution in [0.4, 0.5) is 0 Å². The van der Waals surface area contributed by atoms with Gasteiger partial charge in [-0.1, -0.05) is 37.1 Å². The molecule has 106 valence electrons. The topological polar surface area (TPSA) is 12.0 Å². The third-order valence-electron chi connectivity index (χ3n) is 4.08. The van der Waals surface area contributed by atoms with Gasteiger partial charge >= 0.3 is 0 Å². The average Bonchev–Trinajstić information content (AvgIpc) is 2.46. The van der Waals surface area contributed by atoms with Crippen LogP contribution in [0.1, 0.15) is 50.6 Å². The normalized spacial score (nSPS) is 25.2. The highest BCUT2D eigenvalue weighted by molar-refractivity contribution is 7.99. The van der Waals surface area contributed by atoms with Crippen molar-refractivity contribution in [2.75, 3.05) is 6.26 Å². The van der Waals surface area contributed by atoms with Gasteiger partial charge in [-0.25, -0.2) is 0 Å². The molecule has 19 heavy (non-hydrogen) atoms. The van der Waals surface area contributed by atoms with E-state index >= 15 is 0 Å². The fraction of sp³-hybridized carbons (Fsp3) is 0.625. The fourth-order valence-corrected chi connectivity index (χ4v) is 3.89. The molecule has 1 fully saturated rings. The highest BCUT2D eigenvalue weighted by Crippen LogP contribution is 2.29. The SMILES string of the molecule is CCC(NC1CCCC(SC)C1)c1ccc(Cl)cc1. The molecule has 1 aromatic rings. The molecule has 0 saturated heterocycles. The molecule has 0 bridgehead atoms.